The number of nitrogens with zero attached hydrogens (tertiary/aromatic N) is 2. The van der Waals surface area contributed by atoms with E-state index in [1.165, 1.54) is 40.5 Å². The summed E-state index contributed by atoms with van der Waals surface area (Å²) in [6, 6.07) is 10.5. The second-order valence-corrected chi connectivity index (χ2v) is 7.12. The molecule has 1 aliphatic rings. The SMILES string of the molecule is O=C(c1ccccc1F)N(CC1CCCO1)c1nc2c(F)cccc2s1. The molecular weight excluding hydrogens is 358 g/mol. The zero-order valence-corrected chi connectivity index (χ0v) is 14.6. The molecule has 0 N–H and O–H groups in total. The van der Waals surface area contributed by atoms with Gasteiger partial charge in [0.15, 0.2) is 5.13 Å². The molecule has 1 saturated heterocycles. The van der Waals surface area contributed by atoms with Crippen LogP contribution in [0, 0.1) is 11.6 Å². The van der Waals surface area contributed by atoms with E-state index in [0.717, 1.165) is 12.8 Å². The molecule has 2 aromatic carbocycles. The molecule has 0 bridgehead atoms. The van der Waals surface area contributed by atoms with Crippen LogP contribution in [0.4, 0.5) is 13.9 Å². The number of hydrogen-bond donors (Lipinski definition) is 0. The lowest BCUT2D eigenvalue weighted by molar-refractivity contribution is 0.0914. The maximum absolute atomic E-state index is 14.1. The van der Waals surface area contributed by atoms with E-state index in [0.29, 0.717) is 16.4 Å². The van der Waals surface area contributed by atoms with Crippen LogP contribution in [0.15, 0.2) is 42.5 Å². The fourth-order valence-electron chi connectivity index (χ4n) is 3.04. The summed E-state index contributed by atoms with van der Waals surface area (Å²) >= 11 is 1.21. The van der Waals surface area contributed by atoms with Gasteiger partial charge in [-0.3, -0.25) is 9.69 Å². The number of hydrogen-bond acceptors (Lipinski definition) is 4. The fourth-order valence-corrected chi connectivity index (χ4v) is 4.03. The summed E-state index contributed by atoms with van der Waals surface area (Å²) < 4.78 is 34.4. The van der Waals surface area contributed by atoms with Gasteiger partial charge in [0, 0.05) is 6.61 Å². The molecule has 4 nitrogen and oxygen atoms in total. The van der Waals surface area contributed by atoms with Crippen molar-refractivity contribution in [2.75, 3.05) is 18.1 Å². The van der Waals surface area contributed by atoms with Gasteiger partial charge in [-0.2, -0.15) is 0 Å². The van der Waals surface area contributed by atoms with Crippen LogP contribution in [0.5, 0.6) is 0 Å². The van der Waals surface area contributed by atoms with Gasteiger partial charge >= 0.3 is 0 Å². The molecule has 1 atom stereocenters. The number of aromatic nitrogens is 1. The molecule has 3 aromatic rings. The van der Waals surface area contributed by atoms with Gasteiger partial charge in [0.2, 0.25) is 0 Å². The topological polar surface area (TPSA) is 42.4 Å². The van der Waals surface area contributed by atoms with E-state index in [-0.39, 0.29) is 23.7 Å². The highest BCUT2D eigenvalue weighted by Crippen LogP contribution is 2.32. The summed E-state index contributed by atoms with van der Waals surface area (Å²) in [5, 5.41) is 0.342. The third-order valence-corrected chi connectivity index (χ3v) is 5.39. The van der Waals surface area contributed by atoms with E-state index in [1.54, 1.807) is 18.2 Å². The quantitative estimate of drug-likeness (QED) is 0.680. The number of carbonyl (C=O) groups excluding carboxylic acids is 1. The normalized spacial score (nSPS) is 16.9. The van der Waals surface area contributed by atoms with Crippen molar-refractivity contribution in [3.8, 4) is 0 Å². The molecule has 1 aromatic heterocycles. The summed E-state index contributed by atoms with van der Waals surface area (Å²) in [5.74, 6) is -1.54. The van der Waals surface area contributed by atoms with Crippen molar-refractivity contribution in [2.24, 2.45) is 0 Å². The molecule has 1 fully saturated rings. The van der Waals surface area contributed by atoms with Gasteiger partial charge in [-0.25, -0.2) is 13.8 Å². The van der Waals surface area contributed by atoms with Crippen molar-refractivity contribution in [3.05, 3.63) is 59.7 Å². The second-order valence-electron chi connectivity index (χ2n) is 6.11. The van der Waals surface area contributed by atoms with Gasteiger partial charge in [-0.15, -0.1) is 0 Å². The first-order valence-electron chi connectivity index (χ1n) is 8.36. The van der Waals surface area contributed by atoms with Crippen LogP contribution in [0.25, 0.3) is 10.2 Å². The van der Waals surface area contributed by atoms with Crippen molar-refractivity contribution >= 4 is 32.6 Å². The third-order valence-electron chi connectivity index (χ3n) is 4.35. The predicted molar refractivity (Wildman–Crippen MR) is 96.6 cm³/mol. The molecule has 0 saturated carbocycles. The zero-order chi connectivity index (χ0) is 18.1. The minimum atomic E-state index is -0.595. The van der Waals surface area contributed by atoms with Gasteiger partial charge in [0.05, 0.1) is 22.9 Å². The second kappa shape index (κ2) is 7.09. The maximum atomic E-state index is 14.1. The molecule has 0 aliphatic carbocycles. The molecule has 1 unspecified atom stereocenters. The van der Waals surface area contributed by atoms with Crippen molar-refractivity contribution < 1.29 is 18.3 Å². The Morgan fingerprint density at radius 2 is 2.00 bits per heavy atom. The lowest BCUT2D eigenvalue weighted by atomic mass is 10.1. The molecule has 2 heterocycles. The molecule has 26 heavy (non-hydrogen) atoms. The molecule has 0 spiro atoms. The number of halogens is 2. The summed E-state index contributed by atoms with van der Waals surface area (Å²) in [6.45, 7) is 0.898. The predicted octanol–water partition coefficient (Wildman–Crippen LogP) is 4.40. The summed E-state index contributed by atoms with van der Waals surface area (Å²) in [6.07, 6.45) is 1.60. The molecule has 7 heteroatoms. The van der Waals surface area contributed by atoms with E-state index in [2.05, 4.69) is 4.98 Å². The van der Waals surface area contributed by atoms with Crippen molar-refractivity contribution in [3.63, 3.8) is 0 Å². The molecule has 1 amide bonds. The smallest absolute Gasteiger partial charge is 0.263 e. The Morgan fingerprint density at radius 1 is 1.19 bits per heavy atom. The van der Waals surface area contributed by atoms with Crippen molar-refractivity contribution in [1.82, 2.24) is 4.98 Å². The first-order chi connectivity index (χ1) is 12.6. The van der Waals surface area contributed by atoms with Crippen LogP contribution < -0.4 is 4.90 Å². The lowest BCUT2D eigenvalue weighted by Crippen LogP contribution is -2.37. The van der Waals surface area contributed by atoms with E-state index in [9.17, 15) is 13.6 Å². The Bertz CT molecular complexity index is 954. The highest BCUT2D eigenvalue weighted by molar-refractivity contribution is 7.22. The number of anilines is 1. The summed E-state index contributed by atoms with van der Waals surface area (Å²) in [5.41, 5.74) is 0.177. The number of rotatable bonds is 4. The molecule has 0 radical (unpaired) electrons. The highest BCUT2D eigenvalue weighted by atomic mass is 32.1. The minimum Gasteiger partial charge on any atom is -0.376 e. The van der Waals surface area contributed by atoms with E-state index >= 15 is 0 Å². The van der Waals surface area contributed by atoms with E-state index < -0.39 is 17.5 Å². The molecule has 1 aliphatic heterocycles. The minimum absolute atomic E-state index is 0.0368. The van der Waals surface area contributed by atoms with Gasteiger partial charge in [-0.1, -0.05) is 29.5 Å². The Balaban J connectivity index is 1.75. The number of amides is 1. The van der Waals surface area contributed by atoms with E-state index in [1.807, 2.05) is 0 Å². The molecule has 134 valence electrons. The van der Waals surface area contributed by atoms with Crippen LogP contribution in [0.1, 0.15) is 23.2 Å². The Morgan fingerprint density at radius 3 is 2.73 bits per heavy atom. The van der Waals surface area contributed by atoms with E-state index in [4.69, 9.17) is 4.74 Å². The van der Waals surface area contributed by atoms with Crippen LogP contribution in [0.2, 0.25) is 0 Å². The fraction of sp³-hybridized carbons (Fsp3) is 0.263. The third kappa shape index (κ3) is 3.20. The van der Waals surface area contributed by atoms with Gasteiger partial charge in [-0.05, 0) is 37.1 Å². The number of ether oxygens (including phenoxy) is 1. The van der Waals surface area contributed by atoms with Crippen LogP contribution in [-0.2, 0) is 4.74 Å². The zero-order valence-electron chi connectivity index (χ0n) is 13.8. The maximum Gasteiger partial charge on any atom is 0.263 e. The number of para-hydroxylation sites is 1. The van der Waals surface area contributed by atoms with Gasteiger partial charge in [0.1, 0.15) is 17.2 Å². The summed E-state index contributed by atoms with van der Waals surface area (Å²) in [7, 11) is 0. The van der Waals surface area contributed by atoms with Gasteiger partial charge < -0.3 is 4.74 Å². The van der Waals surface area contributed by atoms with Crippen LogP contribution in [-0.4, -0.2) is 30.1 Å². The largest absolute Gasteiger partial charge is 0.376 e. The summed E-state index contributed by atoms with van der Waals surface area (Å²) in [4.78, 5) is 18.7. The Labute approximate surface area is 153 Å². The number of thiazole rings is 1. The standard InChI is InChI=1S/C19H16F2N2O2S/c20-14-7-2-1-6-13(14)18(24)23(11-12-5-4-10-25-12)19-22-17-15(21)8-3-9-16(17)26-19/h1-3,6-9,12H,4-5,10-11H2. The Kier molecular flexibility index (Phi) is 4.65. The average molecular weight is 374 g/mol. The lowest BCUT2D eigenvalue weighted by Gasteiger charge is -2.23. The first-order valence-corrected chi connectivity index (χ1v) is 9.18. The van der Waals surface area contributed by atoms with Crippen LogP contribution in [0.3, 0.4) is 0 Å². The number of fused-ring (bicyclic) bond motifs is 1. The highest BCUT2D eigenvalue weighted by Gasteiger charge is 2.28. The van der Waals surface area contributed by atoms with Crippen molar-refractivity contribution in [2.45, 2.75) is 18.9 Å². The molecule has 4 rings (SSSR count). The van der Waals surface area contributed by atoms with Crippen LogP contribution >= 0.6 is 11.3 Å². The molecular formula is C19H16F2N2O2S. The average Bonchev–Trinajstić information content (AvgIpc) is 3.29. The number of benzene rings is 2. The van der Waals surface area contributed by atoms with Crippen molar-refractivity contribution in [1.29, 1.82) is 0 Å². The number of carbonyl (C=O) groups is 1. The monoisotopic (exact) mass is 374 g/mol. The first kappa shape index (κ1) is 17.1. The van der Waals surface area contributed by atoms with Gasteiger partial charge in [0.25, 0.3) is 5.91 Å². The Hall–Kier alpha value is -2.38.